The van der Waals surface area contributed by atoms with E-state index >= 15 is 0 Å². The zero-order valence-electron chi connectivity index (χ0n) is 12.6. The molecule has 0 aliphatic heterocycles. The number of benzene rings is 2. The van der Waals surface area contributed by atoms with Crippen LogP contribution in [0.2, 0.25) is 0 Å². The summed E-state index contributed by atoms with van der Waals surface area (Å²) in [4.78, 5) is 11.1. The average Bonchev–Trinajstić information content (AvgIpc) is 2.48. The van der Waals surface area contributed by atoms with E-state index in [2.05, 4.69) is 47.9 Å². The number of nitrogens with one attached hydrogen (secondary N) is 2. The number of anilines is 1. The third kappa shape index (κ3) is 5.04. The molecule has 0 bridgehead atoms. The van der Waals surface area contributed by atoms with Crippen LogP contribution in [0.5, 0.6) is 0 Å². The number of hydrogen-bond acceptors (Lipinski definition) is 2. The second-order valence-corrected chi connectivity index (χ2v) is 5.32. The van der Waals surface area contributed by atoms with Gasteiger partial charge in [0.25, 0.3) is 0 Å². The monoisotopic (exact) mass is 282 g/mol. The second kappa shape index (κ2) is 7.60. The van der Waals surface area contributed by atoms with Crippen molar-refractivity contribution >= 4 is 11.6 Å². The second-order valence-electron chi connectivity index (χ2n) is 5.32. The normalized spacial score (nSPS) is 11.9. The summed E-state index contributed by atoms with van der Waals surface area (Å²) in [5, 5.41) is 6.27. The predicted octanol–water partition coefficient (Wildman–Crippen LogP) is 3.54. The Morgan fingerprint density at radius 3 is 2.57 bits per heavy atom. The Bertz CT molecular complexity index is 581. The predicted molar refractivity (Wildman–Crippen MR) is 87.3 cm³/mol. The van der Waals surface area contributed by atoms with E-state index in [-0.39, 0.29) is 5.91 Å². The molecule has 2 rings (SSSR count). The number of carbonyl (C=O) groups is 1. The maximum atomic E-state index is 11.1. The number of carbonyl (C=O) groups excluding carboxylic acids is 1. The highest BCUT2D eigenvalue weighted by Gasteiger charge is 2.04. The molecule has 1 atom stereocenters. The lowest BCUT2D eigenvalue weighted by Crippen LogP contribution is -2.19. The lowest BCUT2D eigenvalue weighted by molar-refractivity contribution is -0.114. The molecule has 21 heavy (non-hydrogen) atoms. The van der Waals surface area contributed by atoms with Gasteiger partial charge in [-0.25, -0.2) is 0 Å². The number of amides is 1. The van der Waals surface area contributed by atoms with Gasteiger partial charge in [0.2, 0.25) is 5.91 Å². The maximum absolute atomic E-state index is 11.1. The van der Waals surface area contributed by atoms with Crippen LogP contribution in [0.15, 0.2) is 54.6 Å². The molecule has 3 heteroatoms. The van der Waals surface area contributed by atoms with Crippen LogP contribution in [0.3, 0.4) is 0 Å². The van der Waals surface area contributed by atoms with Gasteiger partial charge in [-0.15, -0.1) is 0 Å². The molecule has 0 saturated heterocycles. The van der Waals surface area contributed by atoms with Crippen LogP contribution in [-0.4, -0.2) is 12.5 Å². The van der Waals surface area contributed by atoms with Gasteiger partial charge in [0.05, 0.1) is 0 Å². The quantitative estimate of drug-likeness (QED) is 0.851. The van der Waals surface area contributed by atoms with E-state index in [1.165, 1.54) is 18.1 Å². The summed E-state index contributed by atoms with van der Waals surface area (Å²) in [6, 6.07) is 18.4. The van der Waals surface area contributed by atoms with Gasteiger partial charge in [-0.2, -0.15) is 0 Å². The molecule has 0 fully saturated rings. The molecule has 1 unspecified atom stereocenters. The number of hydrogen-bond donors (Lipinski definition) is 2. The van der Waals surface area contributed by atoms with Gasteiger partial charge in [-0.3, -0.25) is 4.79 Å². The minimum Gasteiger partial charge on any atom is -0.326 e. The molecular formula is C18H22N2O. The highest BCUT2D eigenvalue weighted by Crippen LogP contribution is 2.14. The molecule has 2 aromatic carbocycles. The Kier molecular flexibility index (Phi) is 5.52. The Hall–Kier alpha value is -2.13. The standard InChI is InChI=1S/C18H22N2O/c1-14(17-8-4-3-5-9-17)12-19-13-16-7-6-10-18(11-16)20-15(2)21/h3-11,14,19H,12-13H2,1-2H3,(H,20,21). The van der Waals surface area contributed by atoms with Gasteiger partial charge in [0, 0.05) is 25.7 Å². The molecule has 0 spiro atoms. The molecule has 1 amide bonds. The minimum absolute atomic E-state index is 0.0437. The van der Waals surface area contributed by atoms with Crippen LogP contribution in [0.1, 0.15) is 30.9 Å². The van der Waals surface area contributed by atoms with E-state index in [4.69, 9.17) is 0 Å². The van der Waals surface area contributed by atoms with Gasteiger partial charge in [-0.05, 0) is 29.2 Å². The lowest BCUT2D eigenvalue weighted by Gasteiger charge is -2.13. The van der Waals surface area contributed by atoms with Crippen molar-refractivity contribution in [3.8, 4) is 0 Å². The van der Waals surface area contributed by atoms with Crippen molar-refractivity contribution in [2.24, 2.45) is 0 Å². The van der Waals surface area contributed by atoms with E-state index in [9.17, 15) is 4.79 Å². The van der Waals surface area contributed by atoms with Crippen LogP contribution in [0.25, 0.3) is 0 Å². The molecule has 2 aromatic rings. The van der Waals surface area contributed by atoms with Crippen LogP contribution in [-0.2, 0) is 11.3 Å². The molecular weight excluding hydrogens is 260 g/mol. The first-order valence-corrected chi connectivity index (χ1v) is 7.27. The van der Waals surface area contributed by atoms with E-state index < -0.39 is 0 Å². The average molecular weight is 282 g/mol. The fourth-order valence-electron chi connectivity index (χ4n) is 2.29. The van der Waals surface area contributed by atoms with Crippen molar-refractivity contribution < 1.29 is 4.79 Å². The van der Waals surface area contributed by atoms with Gasteiger partial charge in [0.15, 0.2) is 0 Å². The molecule has 0 aromatic heterocycles. The summed E-state index contributed by atoms with van der Waals surface area (Å²) in [7, 11) is 0. The van der Waals surface area contributed by atoms with Gasteiger partial charge in [-0.1, -0.05) is 49.4 Å². The van der Waals surface area contributed by atoms with E-state index in [0.29, 0.717) is 5.92 Å². The highest BCUT2D eigenvalue weighted by molar-refractivity contribution is 5.88. The fraction of sp³-hybridized carbons (Fsp3) is 0.278. The summed E-state index contributed by atoms with van der Waals surface area (Å²) in [5.74, 6) is 0.433. The topological polar surface area (TPSA) is 41.1 Å². The molecule has 0 heterocycles. The molecule has 0 aliphatic carbocycles. The first-order chi connectivity index (χ1) is 10.1. The van der Waals surface area contributed by atoms with Gasteiger partial charge < -0.3 is 10.6 Å². The lowest BCUT2D eigenvalue weighted by atomic mass is 10.0. The third-order valence-corrected chi connectivity index (χ3v) is 3.40. The fourth-order valence-corrected chi connectivity index (χ4v) is 2.29. The zero-order chi connectivity index (χ0) is 15.1. The van der Waals surface area contributed by atoms with Gasteiger partial charge >= 0.3 is 0 Å². The zero-order valence-corrected chi connectivity index (χ0v) is 12.6. The Morgan fingerprint density at radius 1 is 1.10 bits per heavy atom. The Balaban J connectivity index is 1.84. The molecule has 0 aliphatic rings. The van der Waals surface area contributed by atoms with Crippen LogP contribution >= 0.6 is 0 Å². The van der Waals surface area contributed by atoms with Crippen LogP contribution < -0.4 is 10.6 Å². The van der Waals surface area contributed by atoms with E-state index in [1.54, 1.807) is 0 Å². The molecule has 0 radical (unpaired) electrons. The van der Waals surface area contributed by atoms with Crippen molar-refractivity contribution in [1.29, 1.82) is 0 Å². The summed E-state index contributed by atoms with van der Waals surface area (Å²) in [6.45, 7) is 5.46. The smallest absolute Gasteiger partial charge is 0.221 e. The van der Waals surface area contributed by atoms with Crippen molar-refractivity contribution in [2.45, 2.75) is 26.3 Å². The Labute approximate surface area is 126 Å². The summed E-state index contributed by atoms with van der Waals surface area (Å²) >= 11 is 0. The maximum Gasteiger partial charge on any atom is 0.221 e. The van der Waals surface area contributed by atoms with E-state index in [0.717, 1.165) is 18.8 Å². The molecule has 2 N–H and O–H groups in total. The SMILES string of the molecule is CC(=O)Nc1cccc(CNCC(C)c2ccccc2)c1. The largest absolute Gasteiger partial charge is 0.326 e. The van der Waals surface area contributed by atoms with Crippen molar-refractivity contribution in [3.05, 3.63) is 65.7 Å². The van der Waals surface area contributed by atoms with E-state index in [1.807, 2.05) is 24.3 Å². The van der Waals surface area contributed by atoms with Crippen molar-refractivity contribution in [1.82, 2.24) is 5.32 Å². The molecule has 0 saturated carbocycles. The summed E-state index contributed by atoms with van der Waals surface area (Å²) < 4.78 is 0. The van der Waals surface area contributed by atoms with Gasteiger partial charge in [0.1, 0.15) is 0 Å². The van der Waals surface area contributed by atoms with Crippen molar-refractivity contribution in [3.63, 3.8) is 0 Å². The first kappa shape index (κ1) is 15.3. The number of rotatable bonds is 6. The first-order valence-electron chi connectivity index (χ1n) is 7.27. The van der Waals surface area contributed by atoms with Crippen molar-refractivity contribution in [2.75, 3.05) is 11.9 Å². The van der Waals surface area contributed by atoms with Crippen LogP contribution in [0, 0.1) is 0 Å². The molecule has 3 nitrogen and oxygen atoms in total. The van der Waals surface area contributed by atoms with Crippen LogP contribution in [0.4, 0.5) is 5.69 Å². The Morgan fingerprint density at radius 2 is 1.86 bits per heavy atom. The third-order valence-electron chi connectivity index (χ3n) is 3.40. The highest BCUT2D eigenvalue weighted by atomic mass is 16.1. The summed E-state index contributed by atoms with van der Waals surface area (Å²) in [5.41, 5.74) is 3.36. The minimum atomic E-state index is -0.0437. The molecule has 110 valence electrons. The summed E-state index contributed by atoms with van der Waals surface area (Å²) in [6.07, 6.45) is 0.